The number of para-hydroxylation sites is 1. The topological polar surface area (TPSA) is 29.3 Å². The van der Waals surface area contributed by atoms with Gasteiger partial charge < -0.3 is 10.6 Å². The fourth-order valence-corrected chi connectivity index (χ4v) is 2.79. The van der Waals surface area contributed by atoms with Gasteiger partial charge in [0.1, 0.15) is 5.82 Å². The summed E-state index contributed by atoms with van der Waals surface area (Å²) in [6, 6.07) is 5.02. The third-order valence-corrected chi connectivity index (χ3v) is 4.00. The summed E-state index contributed by atoms with van der Waals surface area (Å²) < 4.78 is 14.2. The monoisotopic (exact) mass is 276 g/mol. The van der Waals surface area contributed by atoms with Crippen molar-refractivity contribution < 1.29 is 4.39 Å². The molecule has 0 unspecified atom stereocenters. The van der Waals surface area contributed by atoms with Crippen molar-refractivity contribution >= 4 is 5.69 Å². The largest absolute Gasteiger partial charge is 0.365 e. The zero-order valence-electron chi connectivity index (χ0n) is 12.9. The average Bonchev–Trinajstić information content (AvgIpc) is 2.37. The first kappa shape index (κ1) is 15.0. The summed E-state index contributed by atoms with van der Waals surface area (Å²) in [5, 5.41) is 0. The van der Waals surface area contributed by atoms with Gasteiger partial charge in [-0.25, -0.2) is 4.39 Å². The number of nitrogens with two attached hydrogens (primary N) is 1. The Kier molecular flexibility index (Phi) is 4.19. The zero-order chi connectivity index (χ0) is 14.9. The van der Waals surface area contributed by atoms with Gasteiger partial charge in [-0.15, -0.1) is 0 Å². The van der Waals surface area contributed by atoms with Gasteiger partial charge >= 0.3 is 0 Å². The predicted octanol–water partition coefficient (Wildman–Crippen LogP) is 4.03. The van der Waals surface area contributed by atoms with Crippen LogP contribution in [0, 0.1) is 11.2 Å². The maximum absolute atomic E-state index is 14.2. The first-order chi connectivity index (χ1) is 9.30. The first-order valence-corrected chi connectivity index (χ1v) is 7.29. The second kappa shape index (κ2) is 5.57. The summed E-state index contributed by atoms with van der Waals surface area (Å²) in [6.45, 7) is 10.2. The summed E-state index contributed by atoms with van der Waals surface area (Å²) in [5.41, 5.74) is 9.19. The smallest absolute Gasteiger partial charge is 0.146 e. The van der Waals surface area contributed by atoms with Crippen LogP contribution < -0.4 is 10.6 Å². The SMILES string of the molecule is C[C@H](N)c1cccc(F)c1N1CC=C(C(C)(C)C)CC1. The van der Waals surface area contributed by atoms with Crippen molar-refractivity contribution in [1.82, 2.24) is 0 Å². The van der Waals surface area contributed by atoms with Crippen LogP contribution in [0.25, 0.3) is 0 Å². The molecule has 3 heteroatoms. The van der Waals surface area contributed by atoms with E-state index in [4.69, 9.17) is 5.73 Å². The third-order valence-electron chi connectivity index (χ3n) is 4.00. The predicted molar refractivity (Wildman–Crippen MR) is 83.4 cm³/mol. The van der Waals surface area contributed by atoms with Crippen LogP contribution in [0.15, 0.2) is 29.8 Å². The van der Waals surface area contributed by atoms with E-state index in [0.29, 0.717) is 5.69 Å². The lowest BCUT2D eigenvalue weighted by Crippen LogP contribution is -2.33. The van der Waals surface area contributed by atoms with E-state index in [1.165, 1.54) is 11.6 Å². The Hall–Kier alpha value is -1.35. The van der Waals surface area contributed by atoms with Crippen LogP contribution >= 0.6 is 0 Å². The fourth-order valence-electron chi connectivity index (χ4n) is 2.79. The van der Waals surface area contributed by atoms with E-state index >= 15 is 0 Å². The molecular formula is C17H25FN2. The Morgan fingerprint density at radius 1 is 1.30 bits per heavy atom. The van der Waals surface area contributed by atoms with Gasteiger partial charge in [0.05, 0.1) is 5.69 Å². The minimum atomic E-state index is -0.174. The van der Waals surface area contributed by atoms with E-state index in [2.05, 4.69) is 31.7 Å². The normalized spacial score (nSPS) is 17.9. The second-order valence-electron chi connectivity index (χ2n) is 6.64. The van der Waals surface area contributed by atoms with Crippen molar-refractivity contribution in [2.45, 2.75) is 40.2 Å². The molecule has 2 N–H and O–H groups in total. The minimum Gasteiger partial charge on any atom is -0.365 e. The van der Waals surface area contributed by atoms with Gasteiger partial charge in [0.25, 0.3) is 0 Å². The lowest BCUT2D eigenvalue weighted by molar-refractivity contribution is 0.471. The van der Waals surface area contributed by atoms with Gasteiger partial charge in [0.15, 0.2) is 0 Å². The molecule has 0 amide bonds. The van der Waals surface area contributed by atoms with E-state index in [1.54, 1.807) is 6.07 Å². The van der Waals surface area contributed by atoms with Gasteiger partial charge in [-0.05, 0) is 30.4 Å². The van der Waals surface area contributed by atoms with Crippen molar-refractivity contribution in [3.8, 4) is 0 Å². The Balaban J connectivity index is 2.30. The maximum Gasteiger partial charge on any atom is 0.146 e. The Bertz CT molecular complexity index is 512. The second-order valence-corrected chi connectivity index (χ2v) is 6.64. The van der Waals surface area contributed by atoms with Gasteiger partial charge in [-0.2, -0.15) is 0 Å². The summed E-state index contributed by atoms with van der Waals surface area (Å²) in [4.78, 5) is 2.10. The number of benzene rings is 1. The van der Waals surface area contributed by atoms with Crippen LogP contribution in [-0.4, -0.2) is 13.1 Å². The van der Waals surface area contributed by atoms with Crippen LogP contribution in [0.4, 0.5) is 10.1 Å². The molecule has 0 aliphatic carbocycles. The van der Waals surface area contributed by atoms with Crippen LogP contribution in [-0.2, 0) is 0 Å². The zero-order valence-corrected chi connectivity index (χ0v) is 12.9. The van der Waals surface area contributed by atoms with E-state index in [-0.39, 0.29) is 17.3 Å². The summed E-state index contributed by atoms with van der Waals surface area (Å²) in [6.07, 6.45) is 3.22. The number of anilines is 1. The Morgan fingerprint density at radius 3 is 2.50 bits per heavy atom. The number of hydrogen-bond acceptors (Lipinski definition) is 2. The van der Waals surface area contributed by atoms with Crippen LogP contribution in [0.5, 0.6) is 0 Å². The molecule has 1 heterocycles. The van der Waals surface area contributed by atoms with Gasteiger partial charge in [0.2, 0.25) is 0 Å². The fraction of sp³-hybridized carbons (Fsp3) is 0.529. The molecule has 2 nitrogen and oxygen atoms in total. The molecule has 0 saturated heterocycles. The maximum atomic E-state index is 14.2. The molecule has 2 rings (SSSR count). The number of nitrogens with zero attached hydrogens (tertiary/aromatic N) is 1. The van der Waals surface area contributed by atoms with Gasteiger partial charge in [-0.3, -0.25) is 0 Å². The number of halogens is 1. The lowest BCUT2D eigenvalue weighted by atomic mass is 9.83. The van der Waals surface area contributed by atoms with Crippen LogP contribution in [0.2, 0.25) is 0 Å². The quantitative estimate of drug-likeness (QED) is 0.826. The highest BCUT2D eigenvalue weighted by atomic mass is 19.1. The van der Waals surface area contributed by atoms with E-state index in [9.17, 15) is 4.39 Å². The van der Waals surface area contributed by atoms with E-state index < -0.39 is 0 Å². The Labute approximate surface area is 121 Å². The highest BCUT2D eigenvalue weighted by molar-refractivity contribution is 5.57. The van der Waals surface area contributed by atoms with E-state index in [0.717, 1.165) is 25.1 Å². The molecule has 20 heavy (non-hydrogen) atoms. The average molecular weight is 276 g/mol. The molecule has 0 fully saturated rings. The van der Waals surface area contributed by atoms with E-state index in [1.807, 2.05) is 13.0 Å². The molecule has 1 aliphatic heterocycles. The number of hydrogen-bond donors (Lipinski definition) is 1. The highest BCUT2D eigenvalue weighted by Gasteiger charge is 2.24. The summed E-state index contributed by atoms with van der Waals surface area (Å²) in [5.74, 6) is -0.174. The standard InChI is InChI=1S/C17H25FN2/c1-12(19)14-6-5-7-15(18)16(14)20-10-8-13(9-11-20)17(2,3)4/h5-8,12H,9-11,19H2,1-4H3/t12-/m0/s1. The molecule has 1 aliphatic rings. The van der Waals surface area contributed by atoms with Crippen molar-refractivity contribution in [2.24, 2.45) is 11.1 Å². The Morgan fingerprint density at radius 2 is 2.00 bits per heavy atom. The van der Waals surface area contributed by atoms with Crippen molar-refractivity contribution in [1.29, 1.82) is 0 Å². The molecule has 1 aromatic carbocycles. The lowest BCUT2D eigenvalue weighted by Gasteiger charge is -2.35. The van der Waals surface area contributed by atoms with Gasteiger partial charge in [0, 0.05) is 19.1 Å². The summed E-state index contributed by atoms with van der Waals surface area (Å²) >= 11 is 0. The van der Waals surface area contributed by atoms with Crippen molar-refractivity contribution in [3.63, 3.8) is 0 Å². The van der Waals surface area contributed by atoms with Crippen LogP contribution in [0.3, 0.4) is 0 Å². The molecule has 0 aromatic heterocycles. The molecule has 0 radical (unpaired) electrons. The number of rotatable bonds is 2. The molecular weight excluding hydrogens is 251 g/mol. The molecule has 110 valence electrons. The van der Waals surface area contributed by atoms with Crippen molar-refractivity contribution in [3.05, 3.63) is 41.2 Å². The third kappa shape index (κ3) is 3.04. The molecule has 0 bridgehead atoms. The molecule has 1 aromatic rings. The summed E-state index contributed by atoms with van der Waals surface area (Å²) in [7, 11) is 0. The van der Waals surface area contributed by atoms with Crippen LogP contribution in [0.1, 0.15) is 45.7 Å². The molecule has 1 atom stereocenters. The van der Waals surface area contributed by atoms with Crippen molar-refractivity contribution in [2.75, 3.05) is 18.0 Å². The van der Waals surface area contributed by atoms with Gasteiger partial charge in [-0.1, -0.05) is 44.6 Å². The molecule has 0 spiro atoms. The minimum absolute atomic E-state index is 0.159. The molecule has 0 saturated carbocycles. The first-order valence-electron chi connectivity index (χ1n) is 7.29. The highest BCUT2D eigenvalue weighted by Crippen LogP contribution is 2.34.